The van der Waals surface area contributed by atoms with Crippen molar-refractivity contribution in [2.45, 2.75) is 6.92 Å². The highest BCUT2D eigenvalue weighted by Crippen LogP contribution is 2.30. The standard InChI is InChI=1S/C21H14BrN3O3S/c1-13(26)25(15-7-3-2-4-8-15)21-23-14(12-29-21)11-18-20(27)28-19(24-18)16-9-5-6-10-17(16)22/h2-12H,1H3. The summed E-state index contributed by atoms with van der Waals surface area (Å²) in [6.45, 7) is 1.48. The van der Waals surface area contributed by atoms with E-state index >= 15 is 0 Å². The number of aromatic nitrogens is 1. The van der Waals surface area contributed by atoms with E-state index in [0.29, 0.717) is 16.4 Å². The normalized spacial score (nSPS) is 14.6. The van der Waals surface area contributed by atoms with E-state index in [1.54, 1.807) is 11.5 Å². The molecule has 0 radical (unpaired) electrons. The van der Waals surface area contributed by atoms with Crippen molar-refractivity contribution in [2.24, 2.45) is 4.99 Å². The highest BCUT2D eigenvalue weighted by atomic mass is 79.9. The van der Waals surface area contributed by atoms with Gasteiger partial charge in [-0.25, -0.2) is 14.8 Å². The monoisotopic (exact) mass is 467 g/mol. The predicted molar refractivity (Wildman–Crippen MR) is 116 cm³/mol. The Labute approximate surface area is 179 Å². The van der Waals surface area contributed by atoms with E-state index in [9.17, 15) is 9.59 Å². The maximum absolute atomic E-state index is 12.2. The van der Waals surface area contributed by atoms with E-state index in [-0.39, 0.29) is 17.5 Å². The minimum atomic E-state index is -0.545. The lowest BCUT2D eigenvalue weighted by atomic mass is 10.2. The molecule has 1 amide bonds. The summed E-state index contributed by atoms with van der Waals surface area (Å²) < 4.78 is 6.08. The van der Waals surface area contributed by atoms with Crippen molar-refractivity contribution in [1.29, 1.82) is 0 Å². The summed E-state index contributed by atoms with van der Waals surface area (Å²) in [7, 11) is 0. The van der Waals surface area contributed by atoms with E-state index < -0.39 is 5.97 Å². The zero-order chi connectivity index (χ0) is 20.4. The van der Waals surface area contributed by atoms with Crippen LogP contribution in [0.4, 0.5) is 10.8 Å². The summed E-state index contributed by atoms with van der Waals surface area (Å²) in [5, 5.41) is 2.28. The minimum Gasteiger partial charge on any atom is -0.402 e. The Balaban J connectivity index is 1.64. The highest BCUT2D eigenvalue weighted by Gasteiger charge is 2.26. The first-order valence-electron chi connectivity index (χ1n) is 8.61. The molecule has 2 heterocycles. The third kappa shape index (κ3) is 4.03. The lowest BCUT2D eigenvalue weighted by Gasteiger charge is -2.17. The number of ether oxygens (including phenoxy) is 1. The molecule has 0 bridgehead atoms. The Bertz CT molecular complexity index is 1150. The van der Waals surface area contributed by atoms with E-state index in [1.165, 1.54) is 23.2 Å². The van der Waals surface area contributed by atoms with Gasteiger partial charge in [-0.15, -0.1) is 11.3 Å². The van der Waals surface area contributed by atoms with Crippen molar-refractivity contribution in [2.75, 3.05) is 4.90 Å². The number of carbonyl (C=O) groups excluding carboxylic acids is 2. The second kappa shape index (κ2) is 8.10. The van der Waals surface area contributed by atoms with Gasteiger partial charge in [0.2, 0.25) is 11.8 Å². The number of nitrogens with zero attached hydrogens (tertiary/aromatic N) is 3. The molecular weight excluding hydrogens is 454 g/mol. The molecule has 29 heavy (non-hydrogen) atoms. The minimum absolute atomic E-state index is 0.153. The van der Waals surface area contributed by atoms with E-state index in [2.05, 4.69) is 25.9 Å². The molecule has 8 heteroatoms. The smallest absolute Gasteiger partial charge is 0.363 e. The van der Waals surface area contributed by atoms with Gasteiger partial charge in [0.15, 0.2) is 10.8 Å². The van der Waals surface area contributed by atoms with Gasteiger partial charge >= 0.3 is 5.97 Å². The third-order valence-electron chi connectivity index (χ3n) is 4.04. The van der Waals surface area contributed by atoms with Crippen LogP contribution in [0.5, 0.6) is 0 Å². The zero-order valence-electron chi connectivity index (χ0n) is 15.2. The van der Waals surface area contributed by atoms with Crippen LogP contribution >= 0.6 is 27.3 Å². The van der Waals surface area contributed by atoms with Crippen LogP contribution in [0.2, 0.25) is 0 Å². The van der Waals surface area contributed by atoms with Crippen LogP contribution in [-0.4, -0.2) is 22.8 Å². The number of anilines is 2. The predicted octanol–water partition coefficient (Wildman–Crippen LogP) is 4.93. The topological polar surface area (TPSA) is 71.9 Å². The fourth-order valence-corrected chi connectivity index (χ4v) is 4.05. The Kier molecular flexibility index (Phi) is 5.37. The maximum Gasteiger partial charge on any atom is 0.363 e. The van der Waals surface area contributed by atoms with E-state index in [4.69, 9.17) is 4.74 Å². The molecule has 144 valence electrons. The van der Waals surface area contributed by atoms with Crippen LogP contribution in [0.15, 0.2) is 75.1 Å². The van der Waals surface area contributed by atoms with Crippen LogP contribution in [0.3, 0.4) is 0 Å². The molecule has 0 saturated heterocycles. The summed E-state index contributed by atoms with van der Waals surface area (Å²) >= 11 is 4.73. The lowest BCUT2D eigenvalue weighted by Crippen LogP contribution is -2.22. The fourth-order valence-electron chi connectivity index (χ4n) is 2.75. The average molecular weight is 468 g/mol. The van der Waals surface area contributed by atoms with Crippen molar-refractivity contribution in [3.8, 4) is 0 Å². The second-order valence-corrected chi connectivity index (χ2v) is 7.75. The Hall–Kier alpha value is -3.10. The van der Waals surface area contributed by atoms with Crippen molar-refractivity contribution in [1.82, 2.24) is 4.98 Å². The van der Waals surface area contributed by atoms with Gasteiger partial charge in [0.1, 0.15) is 0 Å². The fraction of sp³-hybridized carbons (Fsp3) is 0.0476. The molecule has 0 aliphatic carbocycles. The molecule has 2 aromatic carbocycles. The molecule has 1 aromatic heterocycles. The number of benzene rings is 2. The number of para-hydroxylation sites is 1. The van der Waals surface area contributed by atoms with Crippen LogP contribution < -0.4 is 4.90 Å². The second-order valence-electron chi connectivity index (χ2n) is 6.06. The number of esters is 1. The number of amides is 1. The molecule has 0 atom stereocenters. The van der Waals surface area contributed by atoms with Crippen molar-refractivity contribution in [3.05, 3.63) is 81.4 Å². The molecule has 0 spiro atoms. The Morgan fingerprint density at radius 2 is 1.86 bits per heavy atom. The average Bonchev–Trinajstić information content (AvgIpc) is 3.30. The number of hydrogen-bond acceptors (Lipinski definition) is 6. The third-order valence-corrected chi connectivity index (χ3v) is 5.58. The van der Waals surface area contributed by atoms with Crippen LogP contribution in [0.25, 0.3) is 6.08 Å². The van der Waals surface area contributed by atoms with Gasteiger partial charge in [-0.2, -0.15) is 0 Å². The zero-order valence-corrected chi connectivity index (χ0v) is 17.6. The molecule has 0 unspecified atom stereocenters. The number of carbonyl (C=O) groups is 2. The first-order chi connectivity index (χ1) is 14.0. The molecule has 1 aliphatic rings. The molecular formula is C21H14BrN3O3S. The molecule has 0 fully saturated rings. The Morgan fingerprint density at radius 1 is 1.14 bits per heavy atom. The number of hydrogen-bond donors (Lipinski definition) is 0. The molecule has 3 aromatic rings. The summed E-state index contributed by atoms with van der Waals surface area (Å²) in [6.07, 6.45) is 1.55. The van der Waals surface area contributed by atoms with Crippen molar-refractivity contribution >= 4 is 61.9 Å². The van der Waals surface area contributed by atoms with Gasteiger partial charge in [-0.05, 0) is 46.3 Å². The SMILES string of the molecule is CC(=O)N(c1ccccc1)c1nc(C=C2N=C(c3ccccc3Br)OC2=O)cs1. The van der Waals surface area contributed by atoms with E-state index in [1.807, 2.05) is 54.6 Å². The number of rotatable bonds is 4. The summed E-state index contributed by atoms with van der Waals surface area (Å²) in [5.41, 5.74) is 2.09. The first-order valence-corrected chi connectivity index (χ1v) is 10.3. The number of cyclic esters (lactones) is 1. The molecule has 0 N–H and O–H groups in total. The molecule has 6 nitrogen and oxygen atoms in total. The Morgan fingerprint density at radius 3 is 2.59 bits per heavy atom. The molecule has 0 saturated carbocycles. The maximum atomic E-state index is 12.2. The summed E-state index contributed by atoms with van der Waals surface area (Å²) in [6, 6.07) is 16.6. The van der Waals surface area contributed by atoms with Gasteiger partial charge in [-0.3, -0.25) is 9.69 Å². The van der Waals surface area contributed by atoms with Crippen LogP contribution in [-0.2, 0) is 14.3 Å². The van der Waals surface area contributed by atoms with Crippen molar-refractivity contribution < 1.29 is 14.3 Å². The van der Waals surface area contributed by atoms with Gasteiger partial charge < -0.3 is 4.74 Å². The van der Waals surface area contributed by atoms with Gasteiger partial charge in [-0.1, -0.05) is 30.3 Å². The van der Waals surface area contributed by atoms with Gasteiger partial charge in [0, 0.05) is 16.8 Å². The largest absolute Gasteiger partial charge is 0.402 e. The van der Waals surface area contributed by atoms with Crippen molar-refractivity contribution in [3.63, 3.8) is 0 Å². The van der Waals surface area contributed by atoms with Gasteiger partial charge in [0.25, 0.3) is 0 Å². The summed E-state index contributed by atoms with van der Waals surface area (Å²) in [4.78, 5) is 34.7. The van der Waals surface area contributed by atoms with Gasteiger partial charge in [0.05, 0.1) is 16.9 Å². The molecule has 1 aliphatic heterocycles. The number of thiazole rings is 1. The van der Waals surface area contributed by atoms with Crippen LogP contribution in [0.1, 0.15) is 18.2 Å². The number of aliphatic imine (C=N–C) groups is 1. The van der Waals surface area contributed by atoms with E-state index in [0.717, 1.165) is 10.2 Å². The number of halogens is 1. The lowest BCUT2D eigenvalue weighted by molar-refractivity contribution is -0.130. The first kappa shape index (κ1) is 19.2. The summed E-state index contributed by atoms with van der Waals surface area (Å²) in [5.74, 6) is -0.463. The molecule has 4 rings (SSSR count). The quantitative estimate of drug-likeness (QED) is 0.402. The highest BCUT2D eigenvalue weighted by molar-refractivity contribution is 9.10. The van der Waals surface area contributed by atoms with Crippen LogP contribution in [0, 0.1) is 0 Å².